The molecule has 1 aromatic heterocycles. The van der Waals surface area contributed by atoms with Crippen LogP contribution in [0.2, 0.25) is 5.02 Å². The van der Waals surface area contributed by atoms with Crippen LogP contribution >= 0.6 is 11.6 Å². The number of hydrogen-bond donors (Lipinski definition) is 2. The van der Waals surface area contributed by atoms with E-state index >= 15 is 0 Å². The summed E-state index contributed by atoms with van der Waals surface area (Å²) >= 11 is 6.01. The molecule has 1 heterocycles. The molecule has 4 aromatic rings. The number of nitrogens with one attached hydrogen (secondary N) is 2. The summed E-state index contributed by atoms with van der Waals surface area (Å²) in [4.78, 5) is 17.5. The van der Waals surface area contributed by atoms with E-state index in [4.69, 9.17) is 11.6 Å². The van der Waals surface area contributed by atoms with E-state index in [1.165, 1.54) is 30.5 Å². The first kappa shape index (κ1) is 26.1. The van der Waals surface area contributed by atoms with Gasteiger partial charge in [0.15, 0.2) is 0 Å². The fourth-order valence-corrected chi connectivity index (χ4v) is 4.06. The molecule has 1 unspecified atom stereocenters. The lowest BCUT2D eigenvalue weighted by Crippen LogP contribution is -2.50. The topological polar surface area (TPSA) is 54.0 Å². The Kier molecular flexibility index (Phi) is 7.45. The van der Waals surface area contributed by atoms with E-state index in [0.29, 0.717) is 11.6 Å². The summed E-state index contributed by atoms with van der Waals surface area (Å²) in [6, 6.07) is 17.9. The number of amides is 2. The Hall–Kier alpha value is -3.98. The van der Waals surface area contributed by atoms with Crippen molar-refractivity contribution in [3.05, 3.63) is 130 Å². The van der Waals surface area contributed by atoms with Gasteiger partial charge in [-0.1, -0.05) is 54.1 Å². The molecule has 3 aromatic carbocycles. The minimum absolute atomic E-state index is 0.0108. The lowest BCUT2D eigenvalue weighted by atomic mass is 9.80. The number of rotatable bonds is 6. The molecule has 0 bridgehead atoms. The molecule has 0 spiro atoms. The number of aromatic nitrogens is 1. The van der Waals surface area contributed by atoms with E-state index in [0.717, 1.165) is 24.3 Å². The summed E-state index contributed by atoms with van der Waals surface area (Å²) in [5.41, 5.74) is -1.95. The molecular weight excluding hydrogens is 513 g/mol. The van der Waals surface area contributed by atoms with Crippen LogP contribution in [0, 0.1) is 11.6 Å². The zero-order valence-corrected chi connectivity index (χ0v) is 19.7. The minimum Gasteiger partial charge on any atom is -0.322 e. The van der Waals surface area contributed by atoms with Gasteiger partial charge in [0.2, 0.25) is 0 Å². The second-order valence-corrected chi connectivity index (χ2v) is 8.65. The van der Waals surface area contributed by atoms with Crippen LogP contribution in [-0.2, 0) is 18.1 Å². The van der Waals surface area contributed by atoms with E-state index in [1.54, 1.807) is 30.3 Å². The highest BCUT2D eigenvalue weighted by Crippen LogP contribution is 2.37. The number of anilines is 1. The Morgan fingerprint density at radius 3 is 2.24 bits per heavy atom. The van der Waals surface area contributed by atoms with Crippen LogP contribution in [0.15, 0.2) is 91.1 Å². The first-order chi connectivity index (χ1) is 17.6. The van der Waals surface area contributed by atoms with Crippen LogP contribution < -0.4 is 10.6 Å². The quantitative estimate of drug-likeness (QED) is 0.256. The lowest BCUT2D eigenvalue weighted by Gasteiger charge is -2.36. The molecule has 190 valence electrons. The van der Waals surface area contributed by atoms with Crippen molar-refractivity contribution >= 4 is 23.3 Å². The van der Waals surface area contributed by atoms with Gasteiger partial charge in [-0.2, -0.15) is 13.2 Å². The van der Waals surface area contributed by atoms with Gasteiger partial charge in [0.05, 0.1) is 22.0 Å². The van der Waals surface area contributed by atoms with E-state index < -0.39 is 34.9 Å². The fraction of sp³-hybridized carbons (Fsp3) is 0.111. The highest BCUT2D eigenvalue weighted by atomic mass is 35.5. The van der Waals surface area contributed by atoms with Gasteiger partial charge in [-0.15, -0.1) is 0 Å². The van der Waals surface area contributed by atoms with Gasteiger partial charge in [0, 0.05) is 18.7 Å². The van der Waals surface area contributed by atoms with Crippen molar-refractivity contribution in [2.45, 2.75) is 18.1 Å². The number of benzene rings is 3. The average molecular weight is 532 g/mol. The predicted molar refractivity (Wildman–Crippen MR) is 130 cm³/mol. The Morgan fingerprint density at radius 1 is 0.865 bits per heavy atom. The molecule has 1 atom stereocenters. The first-order valence-electron chi connectivity index (χ1n) is 10.9. The number of urea groups is 1. The summed E-state index contributed by atoms with van der Waals surface area (Å²) in [6.07, 6.45) is -3.35. The largest absolute Gasteiger partial charge is 0.416 e. The Morgan fingerprint density at radius 2 is 1.59 bits per heavy atom. The molecule has 4 nitrogen and oxygen atoms in total. The SMILES string of the molecule is O=C(Nc1ccc(F)cc1F)NC(Cc1ccccc1)(c1cccc(C(F)(F)F)c1)c1ccc(Cl)cn1. The first-order valence-corrected chi connectivity index (χ1v) is 11.3. The second kappa shape index (κ2) is 10.6. The normalized spacial score (nSPS) is 13.0. The van der Waals surface area contributed by atoms with Crippen LogP contribution in [0.5, 0.6) is 0 Å². The lowest BCUT2D eigenvalue weighted by molar-refractivity contribution is -0.137. The van der Waals surface area contributed by atoms with Crippen molar-refractivity contribution in [1.82, 2.24) is 10.3 Å². The van der Waals surface area contributed by atoms with E-state index in [-0.39, 0.29) is 28.4 Å². The highest BCUT2D eigenvalue weighted by Gasteiger charge is 2.40. The number of hydrogen-bond acceptors (Lipinski definition) is 2. The molecule has 2 amide bonds. The molecule has 0 fully saturated rings. The number of halogens is 6. The second-order valence-electron chi connectivity index (χ2n) is 8.21. The van der Waals surface area contributed by atoms with Gasteiger partial charge in [-0.05, 0) is 47.5 Å². The molecule has 4 rings (SSSR count). The summed E-state index contributed by atoms with van der Waals surface area (Å²) in [6.45, 7) is 0. The van der Waals surface area contributed by atoms with Crippen molar-refractivity contribution in [1.29, 1.82) is 0 Å². The molecule has 37 heavy (non-hydrogen) atoms. The van der Waals surface area contributed by atoms with Crippen molar-refractivity contribution in [3.8, 4) is 0 Å². The molecule has 0 saturated carbocycles. The van der Waals surface area contributed by atoms with Crippen LogP contribution in [-0.4, -0.2) is 11.0 Å². The van der Waals surface area contributed by atoms with E-state index in [9.17, 15) is 26.7 Å². The summed E-state index contributed by atoms with van der Waals surface area (Å²) in [5, 5.41) is 5.30. The molecule has 0 saturated heterocycles. The molecule has 2 N–H and O–H groups in total. The van der Waals surface area contributed by atoms with Crippen LogP contribution in [0.4, 0.5) is 32.4 Å². The smallest absolute Gasteiger partial charge is 0.322 e. The predicted octanol–water partition coefficient (Wildman–Crippen LogP) is 7.34. The number of carbonyl (C=O) groups excluding carboxylic acids is 1. The Labute approximate surface area is 214 Å². The van der Waals surface area contributed by atoms with E-state index in [2.05, 4.69) is 15.6 Å². The number of carbonyl (C=O) groups is 1. The van der Waals surface area contributed by atoms with Crippen LogP contribution in [0.25, 0.3) is 0 Å². The minimum atomic E-state index is -4.65. The zero-order valence-electron chi connectivity index (χ0n) is 19.0. The molecule has 0 aliphatic rings. The van der Waals surface area contributed by atoms with Gasteiger partial charge < -0.3 is 10.6 Å². The van der Waals surface area contributed by atoms with Crippen LogP contribution in [0.1, 0.15) is 22.4 Å². The standard InChI is InChI=1S/C27H19ClF5N3O/c28-20-9-12-24(34-16-20)26(15-17-5-2-1-3-6-17,18-7-4-8-19(13-18)27(31,32)33)36-25(37)35-23-11-10-21(29)14-22(23)30/h1-14,16H,15H2,(H2,35,36,37). The fourth-order valence-electron chi connectivity index (χ4n) is 3.95. The monoisotopic (exact) mass is 531 g/mol. The van der Waals surface area contributed by atoms with Crippen molar-refractivity contribution in [2.75, 3.05) is 5.32 Å². The average Bonchev–Trinajstić information content (AvgIpc) is 2.86. The zero-order chi connectivity index (χ0) is 26.6. The third-order valence-electron chi connectivity index (χ3n) is 5.67. The molecular formula is C27H19ClF5N3O. The van der Waals surface area contributed by atoms with Gasteiger partial charge in [-0.25, -0.2) is 13.6 Å². The molecule has 0 aliphatic heterocycles. The highest BCUT2D eigenvalue weighted by molar-refractivity contribution is 6.30. The van der Waals surface area contributed by atoms with Crippen molar-refractivity contribution in [2.24, 2.45) is 0 Å². The van der Waals surface area contributed by atoms with Gasteiger partial charge >= 0.3 is 12.2 Å². The third kappa shape index (κ3) is 6.06. The van der Waals surface area contributed by atoms with Gasteiger partial charge in [-0.3, -0.25) is 4.98 Å². The summed E-state index contributed by atoms with van der Waals surface area (Å²) in [7, 11) is 0. The number of nitrogens with zero attached hydrogens (tertiary/aromatic N) is 1. The summed E-state index contributed by atoms with van der Waals surface area (Å²) < 4.78 is 68.5. The number of pyridine rings is 1. The maximum Gasteiger partial charge on any atom is 0.416 e. The third-order valence-corrected chi connectivity index (χ3v) is 5.89. The molecule has 0 radical (unpaired) electrons. The molecule has 0 aliphatic carbocycles. The number of alkyl halides is 3. The van der Waals surface area contributed by atoms with E-state index in [1.807, 2.05) is 0 Å². The Balaban J connectivity index is 1.87. The maximum atomic E-state index is 14.2. The van der Waals surface area contributed by atoms with Crippen LogP contribution in [0.3, 0.4) is 0 Å². The molecule has 10 heteroatoms. The van der Waals surface area contributed by atoms with Gasteiger partial charge in [0.1, 0.15) is 17.2 Å². The summed E-state index contributed by atoms with van der Waals surface area (Å²) in [5.74, 6) is -1.86. The van der Waals surface area contributed by atoms with Crippen molar-refractivity contribution < 1.29 is 26.7 Å². The maximum absolute atomic E-state index is 14.2. The van der Waals surface area contributed by atoms with Gasteiger partial charge in [0.25, 0.3) is 0 Å². The Bertz CT molecular complexity index is 1400. The van der Waals surface area contributed by atoms with Crippen molar-refractivity contribution in [3.63, 3.8) is 0 Å².